The van der Waals surface area contributed by atoms with Crippen molar-refractivity contribution in [2.75, 3.05) is 18.0 Å². The molecule has 2 unspecified atom stereocenters. The van der Waals surface area contributed by atoms with Gasteiger partial charge in [0.2, 0.25) is 0 Å². The highest BCUT2D eigenvalue weighted by Crippen LogP contribution is 2.30. The molecule has 1 aliphatic heterocycles. The van der Waals surface area contributed by atoms with Crippen LogP contribution in [0.1, 0.15) is 13.3 Å². The summed E-state index contributed by atoms with van der Waals surface area (Å²) in [7, 11) is 0. The van der Waals surface area contributed by atoms with Crippen LogP contribution in [-0.4, -0.2) is 34.3 Å². The van der Waals surface area contributed by atoms with Gasteiger partial charge in [-0.3, -0.25) is 0 Å². The van der Waals surface area contributed by atoms with Crippen LogP contribution in [0.5, 0.6) is 0 Å². The molecule has 2 aromatic rings. The van der Waals surface area contributed by atoms with Crippen molar-refractivity contribution in [3.63, 3.8) is 0 Å². The third-order valence-electron chi connectivity index (χ3n) is 3.44. The average Bonchev–Trinajstić information content (AvgIpc) is 2.80. The van der Waals surface area contributed by atoms with Gasteiger partial charge in [-0.05, 0) is 23.8 Å². The van der Waals surface area contributed by atoms with E-state index in [0.717, 1.165) is 29.0 Å². The molecule has 0 aromatic carbocycles. The van der Waals surface area contributed by atoms with Crippen molar-refractivity contribution < 1.29 is 5.11 Å². The van der Waals surface area contributed by atoms with Crippen LogP contribution in [0, 0.1) is 5.92 Å². The number of aliphatic hydroxyl groups is 1. The first kappa shape index (κ1) is 10.9. The standard InChI is InChI=1S/C12H15N3OS/c1-8-2-4-15(6-10(8)16)12-11-9(3-5-17-11)13-7-14-12/h3,5,7-8,10,16H,2,4,6H2,1H3. The lowest BCUT2D eigenvalue weighted by molar-refractivity contribution is 0.103. The second kappa shape index (κ2) is 4.23. The smallest absolute Gasteiger partial charge is 0.150 e. The number of fused-ring (bicyclic) bond motifs is 1. The highest BCUT2D eigenvalue weighted by atomic mass is 32.1. The number of aliphatic hydroxyl groups excluding tert-OH is 1. The van der Waals surface area contributed by atoms with E-state index in [2.05, 4.69) is 21.8 Å². The van der Waals surface area contributed by atoms with E-state index in [1.165, 1.54) is 0 Å². The number of nitrogens with zero attached hydrogens (tertiary/aromatic N) is 3. The SMILES string of the molecule is CC1CCN(c2ncnc3ccsc23)CC1O. The fraction of sp³-hybridized carbons (Fsp3) is 0.500. The lowest BCUT2D eigenvalue weighted by Crippen LogP contribution is -2.43. The topological polar surface area (TPSA) is 49.2 Å². The Hall–Kier alpha value is -1.20. The number of anilines is 1. The van der Waals surface area contributed by atoms with E-state index < -0.39 is 0 Å². The third-order valence-corrected chi connectivity index (χ3v) is 4.34. The molecular weight excluding hydrogens is 234 g/mol. The van der Waals surface area contributed by atoms with Crippen molar-refractivity contribution in [2.24, 2.45) is 5.92 Å². The zero-order valence-electron chi connectivity index (χ0n) is 9.71. The second-order valence-corrected chi connectivity index (χ2v) is 5.53. The molecule has 1 N–H and O–H groups in total. The van der Waals surface area contributed by atoms with Crippen molar-refractivity contribution in [3.8, 4) is 0 Å². The molecule has 1 fully saturated rings. The van der Waals surface area contributed by atoms with E-state index in [-0.39, 0.29) is 6.10 Å². The first-order valence-corrected chi connectivity index (χ1v) is 6.75. The molecule has 0 spiro atoms. The van der Waals surface area contributed by atoms with E-state index in [0.29, 0.717) is 12.5 Å². The number of thiophene rings is 1. The summed E-state index contributed by atoms with van der Waals surface area (Å²) < 4.78 is 1.12. The molecule has 0 amide bonds. The molecule has 1 saturated heterocycles. The first-order chi connectivity index (χ1) is 8.25. The Bertz CT molecular complexity index is 527. The fourth-order valence-electron chi connectivity index (χ4n) is 2.24. The third kappa shape index (κ3) is 1.89. The summed E-state index contributed by atoms with van der Waals surface area (Å²) in [4.78, 5) is 10.8. The van der Waals surface area contributed by atoms with Crippen LogP contribution in [0.4, 0.5) is 5.82 Å². The molecule has 3 rings (SSSR count). The predicted octanol–water partition coefficient (Wildman–Crippen LogP) is 1.90. The molecule has 17 heavy (non-hydrogen) atoms. The minimum absolute atomic E-state index is 0.256. The Morgan fingerprint density at radius 3 is 3.18 bits per heavy atom. The Morgan fingerprint density at radius 2 is 2.35 bits per heavy atom. The predicted molar refractivity (Wildman–Crippen MR) is 69.4 cm³/mol. The lowest BCUT2D eigenvalue weighted by Gasteiger charge is -2.35. The molecule has 0 saturated carbocycles. The Kier molecular flexibility index (Phi) is 2.72. The van der Waals surface area contributed by atoms with E-state index in [1.807, 2.05) is 11.4 Å². The zero-order valence-corrected chi connectivity index (χ0v) is 10.5. The van der Waals surface area contributed by atoms with Crippen LogP contribution in [0.2, 0.25) is 0 Å². The number of aromatic nitrogens is 2. The maximum Gasteiger partial charge on any atom is 0.150 e. The van der Waals surface area contributed by atoms with E-state index in [4.69, 9.17) is 0 Å². The summed E-state index contributed by atoms with van der Waals surface area (Å²) in [5.74, 6) is 1.35. The number of piperidine rings is 1. The van der Waals surface area contributed by atoms with Crippen molar-refractivity contribution in [1.29, 1.82) is 0 Å². The Morgan fingerprint density at radius 1 is 1.47 bits per heavy atom. The minimum atomic E-state index is -0.256. The van der Waals surface area contributed by atoms with Gasteiger partial charge in [0.25, 0.3) is 0 Å². The van der Waals surface area contributed by atoms with Gasteiger partial charge in [-0.15, -0.1) is 11.3 Å². The maximum atomic E-state index is 9.95. The van der Waals surface area contributed by atoms with Crippen molar-refractivity contribution in [3.05, 3.63) is 17.8 Å². The van der Waals surface area contributed by atoms with Gasteiger partial charge in [-0.1, -0.05) is 6.92 Å². The van der Waals surface area contributed by atoms with Crippen molar-refractivity contribution in [2.45, 2.75) is 19.4 Å². The number of β-amino-alcohol motifs (C(OH)–C–C–N with tert-alkyl or cyclic N) is 1. The average molecular weight is 249 g/mol. The molecule has 4 nitrogen and oxygen atoms in total. The van der Waals surface area contributed by atoms with E-state index in [1.54, 1.807) is 17.7 Å². The van der Waals surface area contributed by atoms with Gasteiger partial charge in [0.05, 0.1) is 16.3 Å². The van der Waals surface area contributed by atoms with Crippen LogP contribution in [0.15, 0.2) is 17.8 Å². The molecule has 5 heteroatoms. The summed E-state index contributed by atoms with van der Waals surface area (Å²) >= 11 is 1.66. The van der Waals surface area contributed by atoms with Gasteiger partial charge in [0.15, 0.2) is 0 Å². The van der Waals surface area contributed by atoms with Gasteiger partial charge >= 0.3 is 0 Å². The van der Waals surface area contributed by atoms with Gasteiger partial charge in [-0.25, -0.2) is 9.97 Å². The summed E-state index contributed by atoms with van der Waals surface area (Å²) in [6, 6.07) is 2.01. The fourth-order valence-corrected chi connectivity index (χ4v) is 3.10. The number of hydrogen-bond acceptors (Lipinski definition) is 5. The summed E-state index contributed by atoms with van der Waals surface area (Å²) in [5.41, 5.74) is 0.994. The second-order valence-electron chi connectivity index (χ2n) is 4.61. The summed E-state index contributed by atoms with van der Waals surface area (Å²) in [5, 5.41) is 12.0. The van der Waals surface area contributed by atoms with Gasteiger partial charge in [0, 0.05) is 13.1 Å². The Labute approximate surface area is 104 Å². The monoisotopic (exact) mass is 249 g/mol. The molecule has 0 aliphatic carbocycles. The van der Waals surface area contributed by atoms with E-state index in [9.17, 15) is 5.11 Å². The Balaban J connectivity index is 1.96. The highest BCUT2D eigenvalue weighted by molar-refractivity contribution is 7.17. The lowest BCUT2D eigenvalue weighted by atomic mass is 9.96. The van der Waals surface area contributed by atoms with E-state index >= 15 is 0 Å². The first-order valence-electron chi connectivity index (χ1n) is 5.87. The molecule has 90 valence electrons. The van der Waals surface area contributed by atoms with Gasteiger partial charge in [-0.2, -0.15) is 0 Å². The van der Waals surface area contributed by atoms with Crippen LogP contribution < -0.4 is 4.90 Å². The normalized spacial score (nSPS) is 25.4. The summed E-state index contributed by atoms with van der Waals surface area (Å²) in [6.45, 7) is 3.73. The van der Waals surface area contributed by atoms with Crippen molar-refractivity contribution in [1.82, 2.24) is 9.97 Å². The minimum Gasteiger partial charge on any atom is -0.391 e. The molecule has 0 radical (unpaired) electrons. The van der Waals surface area contributed by atoms with Crippen LogP contribution in [-0.2, 0) is 0 Å². The summed E-state index contributed by atoms with van der Waals surface area (Å²) in [6.07, 6.45) is 2.36. The molecule has 2 aromatic heterocycles. The molecular formula is C12H15N3OS. The van der Waals surface area contributed by atoms with Crippen molar-refractivity contribution >= 4 is 27.4 Å². The molecule has 0 bridgehead atoms. The van der Waals surface area contributed by atoms with Gasteiger partial charge < -0.3 is 10.0 Å². The van der Waals surface area contributed by atoms with Crippen LogP contribution in [0.25, 0.3) is 10.2 Å². The van der Waals surface area contributed by atoms with Gasteiger partial charge in [0.1, 0.15) is 12.1 Å². The van der Waals surface area contributed by atoms with Crippen LogP contribution in [0.3, 0.4) is 0 Å². The molecule has 3 heterocycles. The largest absolute Gasteiger partial charge is 0.391 e. The quantitative estimate of drug-likeness (QED) is 0.838. The van der Waals surface area contributed by atoms with Crippen LogP contribution >= 0.6 is 11.3 Å². The maximum absolute atomic E-state index is 9.95. The highest BCUT2D eigenvalue weighted by Gasteiger charge is 2.26. The number of rotatable bonds is 1. The molecule has 2 atom stereocenters. The number of hydrogen-bond donors (Lipinski definition) is 1. The zero-order chi connectivity index (χ0) is 11.8. The molecule has 1 aliphatic rings.